The van der Waals surface area contributed by atoms with Crippen molar-refractivity contribution < 1.29 is 4.74 Å². The van der Waals surface area contributed by atoms with Gasteiger partial charge in [-0.3, -0.25) is 0 Å². The van der Waals surface area contributed by atoms with Crippen LogP contribution in [0.4, 0.5) is 0 Å². The first-order valence-electron chi connectivity index (χ1n) is 6.35. The summed E-state index contributed by atoms with van der Waals surface area (Å²) in [7, 11) is 0. The molecule has 0 aromatic carbocycles. The zero-order valence-corrected chi connectivity index (χ0v) is 12.0. The Kier molecular flexibility index (Phi) is 5.78. The SMILES string of the molecule is CCCC(OCC)c1nc(=S)c(CC)c(C)[nH]1. The van der Waals surface area contributed by atoms with Crippen molar-refractivity contribution in [3.8, 4) is 0 Å². The fourth-order valence-electron chi connectivity index (χ4n) is 1.96. The number of H-pyrrole nitrogens is 1. The first kappa shape index (κ1) is 14.3. The molecule has 1 aromatic rings. The molecule has 1 aromatic heterocycles. The molecule has 3 nitrogen and oxygen atoms in total. The second-order valence-corrected chi connectivity index (χ2v) is 4.50. The van der Waals surface area contributed by atoms with E-state index in [4.69, 9.17) is 17.0 Å². The summed E-state index contributed by atoms with van der Waals surface area (Å²) in [6.45, 7) is 8.99. The van der Waals surface area contributed by atoms with Crippen LogP contribution in [0.3, 0.4) is 0 Å². The van der Waals surface area contributed by atoms with Crippen LogP contribution in [0.25, 0.3) is 0 Å². The Bertz CT molecular complexity index is 408. The van der Waals surface area contributed by atoms with E-state index in [9.17, 15) is 0 Å². The second kappa shape index (κ2) is 6.87. The number of rotatable bonds is 6. The van der Waals surface area contributed by atoms with Gasteiger partial charge in [0.05, 0.1) is 0 Å². The molecule has 0 aliphatic carbocycles. The van der Waals surface area contributed by atoms with Crippen molar-refractivity contribution in [2.24, 2.45) is 0 Å². The van der Waals surface area contributed by atoms with Crippen molar-refractivity contribution in [2.45, 2.75) is 53.1 Å². The van der Waals surface area contributed by atoms with Crippen LogP contribution in [-0.4, -0.2) is 16.6 Å². The number of nitrogens with one attached hydrogen (secondary N) is 1. The quantitative estimate of drug-likeness (QED) is 0.783. The van der Waals surface area contributed by atoms with Gasteiger partial charge in [-0.2, -0.15) is 0 Å². The van der Waals surface area contributed by atoms with Gasteiger partial charge in [0.1, 0.15) is 16.6 Å². The van der Waals surface area contributed by atoms with Crippen molar-refractivity contribution in [2.75, 3.05) is 6.61 Å². The summed E-state index contributed by atoms with van der Waals surface area (Å²) in [5.74, 6) is 0.869. The molecule has 1 N–H and O–H groups in total. The Balaban J connectivity index is 3.08. The van der Waals surface area contributed by atoms with Crippen molar-refractivity contribution in [3.05, 3.63) is 21.7 Å². The molecule has 1 unspecified atom stereocenters. The van der Waals surface area contributed by atoms with Crippen LogP contribution in [0, 0.1) is 11.6 Å². The Morgan fingerprint density at radius 3 is 2.53 bits per heavy atom. The molecule has 1 rings (SSSR count). The molecule has 0 aliphatic heterocycles. The fraction of sp³-hybridized carbons (Fsp3) is 0.692. The molecule has 4 heteroatoms. The molecular formula is C13H22N2OS. The third-order valence-electron chi connectivity index (χ3n) is 2.83. The van der Waals surface area contributed by atoms with Crippen LogP contribution < -0.4 is 0 Å². The topological polar surface area (TPSA) is 37.9 Å². The van der Waals surface area contributed by atoms with E-state index >= 15 is 0 Å². The average Bonchev–Trinajstić information content (AvgIpc) is 2.28. The van der Waals surface area contributed by atoms with Gasteiger partial charge in [-0.15, -0.1) is 0 Å². The predicted molar refractivity (Wildman–Crippen MR) is 72.8 cm³/mol. The van der Waals surface area contributed by atoms with Crippen LogP contribution in [0.2, 0.25) is 0 Å². The summed E-state index contributed by atoms with van der Waals surface area (Å²) in [6.07, 6.45) is 3.00. The van der Waals surface area contributed by atoms with Gasteiger partial charge in [-0.05, 0) is 26.7 Å². The zero-order valence-electron chi connectivity index (χ0n) is 11.2. The number of aromatic nitrogens is 2. The number of ether oxygens (including phenoxy) is 1. The second-order valence-electron chi connectivity index (χ2n) is 4.12. The number of hydrogen-bond acceptors (Lipinski definition) is 3. The summed E-state index contributed by atoms with van der Waals surface area (Å²) < 4.78 is 6.42. The Morgan fingerprint density at radius 2 is 2.06 bits per heavy atom. The molecule has 1 atom stereocenters. The Morgan fingerprint density at radius 1 is 1.35 bits per heavy atom. The van der Waals surface area contributed by atoms with Gasteiger partial charge in [-0.1, -0.05) is 32.5 Å². The molecule has 0 saturated carbocycles. The zero-order chi connectivity index (χ0) is 12.8. The third kappa shape index (κ3) is 3.61. The summed E-state index contributed by atoms with van der Waals surface area (Å²) >= 11 is 5.33. The number of hydrogen-bond donors (Lipinski definition) is 1. The van der Waals surface area contributed by atoms with Gasteiger partial charge in [-0.25, -0.2) is 4.98 Å². The third-order valence-corrected chi connectivity index (χ3v) is 3.16. The molecule has 0 radical (unpaired) electrons. The van der Waals surface area contributed by atoms with E-state index in [1.807, 2.05) is 6.92 Å². The molecule has 96 valence electrons. The van der Waals surface area contributed by atoms with E-state index in [1.54, 1.807) is 0 Å². The molecule has 0 bridgehead atoms. The predicted octanol–water partition coefficient (Wildman–Crippen LogP) is 3.89. The summed E-state index contributed by atoms with van der Waals surface area (Å²) in [6, 6.07) is 0. The first-order valence-corrected chi connectivity index (χ1v) is 6.76. The molecule has 0 spiro atoms. The highest BCUT2D eigenvalue weighted by molar-refractivity contribution is 7.71. The van der Waals surface area contributed by atoms with Gasteiger partial charge in [0, 0.05) is 17.9 Å². The Hall–Kier alpha value is -0.740. The summed E-state index contributed by atoms with van der Waals surface area (Å²) in [5.41, 5.74) is 2.25. The van der Waals surface area contributed by atoms with Crippen LogP contribution in [-0.2, 0) is 11.2 Å². The van der Waals surface area contributed by atoms with Gasteiger partial charge < -0.3 is 9.72 Å². The lowest BCUT2D eigenvalue weighted by Gasteiger charge is -2.17. The highest BCUT2D eigenvalue weighted by atomic mass is 32.1. The molecule has 0 saturated heterocycles. The highest BCUT2D eigenvalue weighted by Crippen LogP contribution is 2.20. The van der Waals surface area contributed by atoms with E-state index in [0.29, 0.717) is 11.2 Å². The molecule has 0 aliphatic rings. The van der Waals surface area contributed by atoms with Crippen LogP contribution in [0.5, 0.6) is 0 Å². The molecule has 0 amide bonds. The standard InChI is InChI=1S/C13H22N2OS/c1-5-8-11(16-7-3)12-14-9(4)10(6-2)13(17)15-12/h11H,5-8H2,1-4H3,(H,14,15,17). The maximum absolute atomic E-state index is 5.71. The molecule has 1 heterocycles. The summed E-state index contributed by atoms with van der Waals surface area (Å²) in [5, 5.41) is 0. The maximum Gasteiger partial charge on any atom is 0.137 e. The lowest BCUT2D eigenvalue weighted by Crippen LogP contribution is -2.11. The number of nitrogens with zero attached hydrogens (tertiary/aromatic N) is 1. The highest BCUT2D eigenvalue weighted by Gasteiger charge is 2.14. The van der Waals surface area contributed by atoms with Crippen molar-refractivity contribution >= 4 is 12.2 Å². The van der Waals surface area contributed by atoms with Crippen molar-refractivity contribution in [1.82, 2.24) is 9.97 Å². The van der Waals surface area contributed by atoms with E-state index in [1.165, 1.54) is 0 Å². The largest absolute Gasteiger partial charge is 0.371 e. The van der Waals surface area contributed by atoms with E-state index in [0.717, 1.165) is 36.3 Å². The molecular weight excluding hydrogens is 232 g/mol. The Labute approximate surface area is 109 Å². The van der Waals surface area contributed by atoms with Gasteiger partial charge in [0.2, 0.25) is 0 Å². The maximum atomic E-state index is 5.71. The van der Waals surface area contributed by atoms with Crippen LogP contribution >= 0.6 is 12.2 Å². The van der Waals surface area contributed by atoms with Gasteiger partial charge in [0.15, 0.2) is 0 Å². The van der Waals surface area contributed by atoms with Crippen molar-refractivity contribution in [3.63, 3.8) is 0 Å². The van der Waals surface area contributed by atoms with E-state index < -0.39 is 0 Å². The number of aromatic amines is 1. The lowest BCUT2D eigenvalue weighted by molar-refractivity contribution is 0.0491. The molecule has 17 heavy (non-hydrogen) atoms. The van der Waals surface area contributed by atoms with Gasteiger partial charge in [0.25, 0.3) is 0 Å². The van der Waals surface area contributed by atoms with Gasteiger partial charge >= 0.3 is 0 Å². The van der Waals surface area contributed by atoms with E-state index in [-0.39, 0.29) is 6.10 Å². The number of aryl methyl sites for hydroxylation is 1. The monoisotopic (exact) mass is 254 g/mol. The van der Waals surface area contributed by atoms with Crippen LogP contribution in [0.15, 0.2) is 0 Å². The lowest BCUT2D eigenvalue weighted by atomic mass is 10.1. The van der Waals surface area contributed by atoms with Crippen molar-refractivity contribution in [1.29, 1.82) is 0 Å². The minimum Gasteiger partial charge on any atom is -0.371 e. The smallest absolute Gasteiger partial charge is 0.137 e. The first-order chi connectivity index (χ1) is 8.13. The minimum atomic E-state index is 0.0382. The minimum absolute atomic E-state index is 0.0382. The average molecular weight is 254 g/mol. The fourth-order valence-corrected chi connectivity index (χ4v) is 2.36. The molecule has 0 fully saturated rings. The van der Waals surface area contributed by atoms with Crippen LogP contribution in [0.1, 0.15) is 56.8 Å². The summed E-state index contributed by atoms with van der Waals surface area (Å²) in [4.78, 5) is 7.81. The normalized spacial score (nSPS) is 12.7. The van der Waals surface area contributed by atoms with E-state index in [2.05, 4.69) is 30.7 Å².